The van der Waals surface area contributed by atoms with E-state index in [0.717, 1.165) is 24.8 Å². The first-order valence-electron chi connectivity index (χ1n) is 7.90. The monoisotopic (exact) mass is 314 g/mol. The van der Waals surface area contributed by atoms with Crippen LogP contribution in [0.4, 0.5) is 0 Å². The molecule has 23 heavy (non-hydrogen) atoms. The van der Waals surface area contributed by atoms with Crippen LogP contribution in [0, 0.1) is 18.3 Å². The van der Waals surface area contributed by atoms with Crippen LogP contribution in [0.25, 0.3) is 0 Å². The van der Waals surface area contributed by atoms with Gasteiger partial charge < -0.3 is 9.64 Å². The Kier molecular flexibility index (Phi) is 5.38. The summed E-state index contributed by atoms with van der Waals surface area (Å²) in [6.07, 6.45) is 4.32. The molecule has 0 saturated heterocycles. The highest BCUT2D eigenvalue weighted by Gasteiger charge is 2.38. The minimum absolute atomic E-state index is 0.338. The molecular weight excluding hydrogens is 292 g/mol. The Morgan fingerprint density at radius 2 is 2.00 bits per heavy atom. The van der Waals surface area contributed by atoms with Gasteiger partial charge in [0, 0.05) is 7.05 Å². The molecule has 1 aromatic rings. The summed E-state index contributed by atoms with van der Waals surface area (Å²) in [5, 5.41) is 9.50. The number of nitrogens with zero attached hydrogens (tertiary/aromatic N) is 2. The number of carbonyl (C=O) groups is 2. The van der Waals surface area contributed by atoms with Crippen LogP contribution < -0.4 is 0 Å². The average molecular weight is 314 g/mol. The van der Waals surface area contributed by atoms with E-state index in [1.807, 2.05) is 13.0 Å². The molecule has 1 amide bonds. The number of hydrogen-bond acceptors (Lipinski definition) is 4. The van der Waals surface area contributed by atoms with Crippen molar-refractivity contribution in [3.8, 4) is 6.07 Å². The number of carbonyl (C=O) groups excluding carboxylic acids is 2. The third-order valence-corrected chi connectivity index (χ3v) is 4.49. The van der Waals surface area contributed by atoms with Crippen molar-refractivity contribution in [3.05, 3.63) is 35.4 Å². The SMILES string of the molecule is Cc1cccc(C(=O)OCC(=O)N(C)C2(C#N)CCCCC2)c1. The molecule has 0 unspecified atom stereocenters. The molecule has 1 aromatic carbocycles. The maximum absolute atomic E-state index is 12.3. The Morgan fingerprint density at radius 3 is 2.61 bits per heavy atom. The van der Waals surface area contributed by atoms with E-state index in [-0.39, 0.29) is 12.5 Å². The molecule has 5 heteroatoms. The van der Waals surface area contributed by atoms with E-state index in [9.17, 15) is 14.9 Å². The van der Waals surface area contributed by atoms with Crippen molar-refractivity contribution in [2.75, 3.05) is 13.7 Å². The lowest BCUT2D eigenvalue weighted by Crippen LogP contribution is -2.51. The Bertz CT molecular complexity index is 627. The van der Waals surface area contributed by atoms with Gasteiger partial charge in [0.2, 0.25) is 0 Å². The van der Waals surface area contributed by atoms with Crippen LogP contribution >= 0.6 is 0 Å². The van der Waals surface area contributed by atoms with E-state index in [1.165, 1.54) is 4.90 Å². The highest BCUT2D eigenvalue weighted by atomic mass is 16.5. The molecule has 0 N–H and O–H groups in total. The average Bonchev–Trinajstić information content (AvgIpc) is 2.59. The van der Waals surface area contributed by atoms with E-state index >= 15 is 0 Å². The Hall–Kier alpha value is -2.35. The summed E-state index contributed by atoms with van der Waals surface area (Å²) < 4.78 is 5.11. The quantitative estimate of drug-likeness (QED) is 0.801. The second-order valence-corrected chi connectivity index (χ2v) is 6.10. The predicted molar refractivity (Wildman–Crippen MR) is 85.7 cm³/mol. The molecule has 2 rings (SSSR count). The smallest absolute Gasteiger partial charge is 0.338 e. The standard InChI is InChI=1S/C18H22N2O3/c1-14-7-6-8-15(11-14)17(22)23-12-16(21)20(2)18(13-19)9-4-3-5-10-18/h6-8,11H,3-5,9-10,12H2,1-2H3. The van der Waals surface area contributed by atoms with Crippen molar-refractivity contribution in [3.63, 3.8) is 0 Å². The van der Waals surface area contributed by atoms with Crippen molar-refractivity contribution in [1.82, 2.24) is 4.90 Å². The van der Waals surface area contributed by atoms with Crippen molar-refractivity contribution in [2.45, 2.75) is 44.6 Å². The summed E-state index contributed by atoms with van der Waals surface area (Å²) in [6.45, 7) is 1.54. The van der Waals surface area contributed by atoms with E-state index in [1.54, 1.807) is 25.2 Å². The Balaban J connectivity index is 1.96. The van der Waals surface area contributed by atoms with Gasteiger partial charge in [-0.15, -0.1) is 0 Å². The van der Waals surface area contributed by atoms with Gasteiger partial charge >= 0.3 is 5.97 Å². The van der Waals surface area contributed by atoms with Crippen molar-refractivity contribution < 1.29 is 14.3 Å². The van der Waals surface area contributed by atoms with Gasteiger partial charge in [0.05, 0.1) is 11.6 Å². The summed E-state index contributed by atoms with van der Waals surface area (Å²) in [5.41, 5.74) is 0.618. The fourth-order valence-electron chi connectivity index (χ4n) is 2.98. The van der Waals surface area contributed by atoms with Gasteiger partial charge in [0.15, 0.2) is 6.61 Å². The van der Waals surface area contributed by atoms with Crippen LogP contribution in [0.5, 0.6) is 0 Å². The van der Waals surface area contributed by atoms with Crippen molar-refractivity contribution in [2.24, 2.45) is 0 Å². The van der Waals surface area contributed by atoms with E-state index in [2.05, 4.69) is 6.07 Å². The van der Waals surface area contributed by atoms with Gasteiger partial charge in [0.25, 0.3) is 5.91 Å². The third kappa shape index (κ3) is 3.89. The second kappa shape index (κ2) is 7.28. The zero-order valence-corrected chi connectivity index (χ0v) is 13.7. The van der Waals surface area contributed by atoms with Gasteiger partial charge in [-0.1, -0.05) is 37.0 Å². The lowest BCUT2D eigenvalue weighted by Gasteiger charge is -2.38. The highest BCUT2D eigenvalue weighted by molar-refractivity contribution is 5.91. The number of esters is 1. The number of nitriles is 1. The molecule has 0 radical (unpaired) electrons. The molecule has 0 bridgehead atoms. The molecule has 1 aliphatic rings. The minimum Gasteiger partial charge on any atom is -0.452 e. The first-order valence-corrected chi connectivity index (χ1v) is 7.90. The molecule has 1 fully saturated rings. The number of ether oxygens (including phenoxy) is 1. The maximum atomic E-state index is 12.3. The summed E-state index contributed by atoms with van der Waals surface area (Å²) in [7, 11) is 1.62. The molecule has 5 nitrogen and oxygen atoms in total. The number of benzene rings is 1. The van der Waals surface area contributed by atoms with Crippen molar-refractivity contribution in [1.29, 1.82) is 5.26 Å². The fraction of sp³-hybridized carbons (Fsp3) is 0.500. The molecule has 1 aliphatic carbocycles. The number of rotatable bonds is 4. The van der Waals surface area contributed by atoms with Crippen LogP contribution in [0.15, 0.2) is 24.3 Å². The second-order valence-electron chi connectivity index (χ2n) is 6.10. The van der Waals surface area contributed by atoms with Gasteiger partial charge in [-0.05, 0) is 31.9 Å². The van der Waals surface area contributed by atoms with Gasteiger partial charge in [-0.2, -0.15) is 5.26 Å². The molecular formula is C18H22N2O3. The summed E-state index contributed by atoms with van der Waals surface area (Å²) in [6, 6.07) is 9.32. The molecule has 0 spiro atoms. The summed E-state index contributed by atoms with van der Waals surface area (Å²) in [5.74, 6) is -0.862. The van der Waals surface area contributed by atoms with Gasteiger partial charge in [-0.3, -0.25) is 4.79 Å². The first-order chi connectivity index (χ1) is 11.0. The molecule has 122 valence electrons. The zero-order chi connectivity index (χ0) is 16.9. The van der Waals surface area contributed by atoms with Crippen molar-refractivity contribution >= 4 is 11.9 Å². The molecule has 0 aromatic heterocycles. The first kappa shape index (κ1) is 17.0. The molecule has 0 heterocycles. The Labute approximate surface area is 136 Å². The summed E-state index contributed by atoms with van der Waals surface area (Å²) >= 11 is 0. The van der Waals surface area contributed by atoms with E-state index in [0.29, 0.717) is 18.4 Å². The van der Waals surface area contributed by atoms with E-state index in [4.69, 9.17) is 4.74 Å². The van der Waals surface area contributed by atoms with Crippen LogP contribution in [-0.2, 0) is 9.53 Å². The third-order valence-electron chi connectivity index (χ3n) is 4.49. The molecule has 0 atom stereocenters. The van der Waals surface area contributed by atoms with Gasteiger partial charge in [-0.25, -0.2) is 4.79 Å². The normalized spacial score (nSPS) is 16.2. The lowest BCUT2D eigenvalue weighted by atomic mass is 9.81. The van der Waals surface area contributed by atoms with E-state index < -0.39 is 11.5 Å². The van der Waals surface area contributed by atoms with Gasteiger partial charge in [0.1, 0.15) is 5.54 Å². The molecule has 0 aliphatic heterocycles. The minimum atomic E-state index is -0.759. The Morgan fingerprint density at radius 1 is 1.30 bits per heavy atom. The number of aryl methyl sites for hydroxylation is 1. The fourth-order valence-corrected chi connectivity index (χ4v) is 2.98. The number of likely N-dealkylation sites (N-methyl/N-ethyl adjacent to an activating group) is 1. The lowest BCUT2D eigenvalue weighted by molar-refractivity contribution is -0.138. The maximum Gasteiger partial charge on any atom is 0.338 e. The van der Waals surface area contributed by atoms with Crippen LogP contribution in [0.3, 0.4) is 0 Å². The zero-order valence-electron chi connectivity index (χ0n) is 13.7. The van der Waals surface area contributed by atoms with Crippen LogP contribution in [0.2, 0.25) is 0 Å². The predicted octanol–water partition coefficient (Wildman–Crippen LogP) is 2.84. The molecule has 1 saturated carbocycles. The highest BCUT2D eigenvalue weighted by Crippen LogP contribution is 2.32. The topological polar surface area (TPSA) is 70.4 Å². The summed E-state index contributed by atoms with van der Waals surface area (Å²) in [4.78, 5) is 25.8. The number of amides is 1. The van der Waals surface area contributed by atoms with Crippen LogP contribution in [-0.4, -0.2) is 36.0 Å². The van der Waals surface area contributed by atoms with Crippen LogP contribution in [0.1, 0.15) is 48.0 Å². The number of hydrogen-bond donors (Lipinski definition) is 0. The largest absolute Gasteiger partial charge is 0.452 e.